The van der Waals surface area contributed by atoms with Crippen LogP contribution in [0.4, 0.5) is 9.59 Å². The minimum Gasteiger partial charge on any atom is -0.492 e. The zero-order valence-corrected chi connectivity index (χ0v) is 27.7. The average Bonchev–Trinajstić information content (AvgIpc) is 3.27. The summed E-state index contributed by atoms with van der Waals surface area (Å²) < 4.78 is 11.2. The van der Waals surface area contributed by atoms with E-state index >= 15 is 0 Å². The number of benzene rings is 3. The van der Waals surface area contributed by atoms with Crippen molar-refractivity contribution in [2.75, 3.05) is 32.8 Å². The van der Waals surface area contributed by atoms with Crippen LogP contribution in [0.1, 0.15) is 47.2 Å². The van der Waals surface area contributed by atoms with E-state index in [0.29, 0.717) is 11.7 Å². The summed E-state index contributed by atoms with van der Waals surface area (Å²) in [5, 5.41) is 10.4. The number of ether oxygens (including phenoxy) is 2. The number of fused-ring (bicyclic) bond motifs is 2. The Kier molecular flexibility index (Phi) is 11.1. The van der Waals surface area contributed by atoms with Crippen molar-refractivity contribution in [3.05, 3.63) is 130 Å². The molecule has 1 fully saturated rings. The summed E-state index contributed by atoms with van der Waals surface area (Å²) in [6.45, 7) is 3.23. The first-order valence-corrected chi connectivity index (χ1v) is 16.7. The van der Waals surface area contributed by atoms with Crippen LogP contribution in [-0.2, 0) is 17.7 Å². The largest absolute Gasteiger partial charge is 0.531 e. The van der Waals surface area contributed by atoms with Crippen molar-refractivity contribution in [3.63, 3.8) is 0 Å². The topological polar surface area (TPSA) is 101 Å². The maximum Gasteiger partial charge on any atom is 0.531 e. The lowest BCUT2D eigenvalue weighted by atomic mass is 9.88. The molecule has 4 aromatic rings. The van der Waals surface area contributed by atoms with Gasteiger partial charge in [-0.2, -0.15) is 0 Å². The van der Waals surface area contributed by atoms with E-state index in [-0.39, 0.29) is 18.7 Å². The van der Waals surface area contributed by atoms with E-state index in [1.54, 1.807) is 30.3 Å². The van der Waals surface area contributed by atoms with Crippen LogP contribution in [-0.4, -0.2) is 65.1 Å². The highest BCUT2D eigenvalue weighted by molar-refractivity contribution is 6.30. The van der Waals surface area contributed by atoms with Gasteiger partial charge >= 0.3 is 12.2 Å². The molecule has 9 nitrogen and oxygen atoms in total. The Morgan fingerprint density at radius 1 is 0.898 bits per heavy atom. The van der Waals surface area contributed by atoms with Gasteiger partial charge in [-0.05, 0) is 97.0 Å². The number of likely N-dealkylation sites (tertiary alicyclic amines) is 1. The van der Waals surface area contributed by atoms with E-state index in [1.807, 2.05) is 42.6 Å². The summed E-state index contributed by atoms with van der Waals surface area (Å²) in [7, 11) is 0. The molecule has 2 aliphatic rings. The fourth-order valence-electron chi connectivity index (χ4n) is 6.09. The lowest BCUT2D eigenvalue weighted by Crippen LogP contribution is -2.36. The number of amides is 1. The third-order valence-corrected chi connectivity index (χ3v) is 8.72. The maximum atomic E-state index is 12.4. The molecule has 2 heterocycles. The van der Waals surface area contributed by atoms with Crippen LogP contribution in [0.25, 0.3) is 5.57 Å². The Labute approximate surface area is 290 Å². The molecule has 0 atom stereocenters. The van der Waals surface area contributed by atoms with E-state index in [2.05, 4.69) is 39.8 Å². The number of nitrogens with zero attached hydrogens (tertiary/aromatic N) is 3. The quantitative estimate of drug-likeness (QED) is 0.157. The molecule has 6 rings (SSSR count). The molecule has 0 bridgehead atoms. The van der Waals surface area contributed by atoms with E-state index in [9.17, 15) is 9.59 Å². The summed E-state index contributed by atoms with van der Waals surface area (Å²) >= 11 is 6.38. The molecule has 0 unspecified atom stereocenters. The van der Waals surface area contributed by atoms with Gasteiger partial charge in [0.25, 0.3) is 0 Å². The molecular weight excluding hydrogens is 642 g/mol. The third kappa shape index (κ3) is 8.99. The number of aryl methyl sites for hydroxylation is 2. The Bertz CT molecular complexity index is 1870. The number of aromatic nitrogens is 1. The molecule has 1 aliphatic carbocycles. The van der Waals surface area contributed by atoms with Crippen molar-refractivity contribution >= 4 is 29.4 Å². The van der Waals surface area contributed by atoms with E-state index in [0.717, 1.165) is 67.3 Å². The number of rotatable bonds is 7. The second-order valence-corrected chi connectivity index (χ2v) is 12.1. The summed E-state index contributed by atoms with van der Waals surface area (Å²) in [5.41, 5.74) is 8.46. The zero-order chi connectivity index (χ0) is 34.0. The number of para-hydroxylation sites is 1. The Hall–Kier alpha value is -5.30. The number of carboxylic acid groups (broad SMARTS) is 1. The van der Waals surface area contributed by atoms with Crippen LogP contribution in [0.3, 0.4) is 0 Å². The number of pyridine rings is 1. The second-order valence-electron chi connectivity index (χ2n) is 11.7. The van der Waals surface area contributed by atoms with Gasteiger partial charge in [-0.1, -0.05) is 59.3 Å². The highest BCUT2D eigenvalue weighted by Crippen LogP contribution is 2.38. The first-order valence-electron chi connectivity index (χ1n) is 16.3. The number of hydrogen-bond donors (Lipinski definition) is 1. The molecule has 3 aromatic carbocycles. The molecule has 0 spiro atoms. The highest BCUT2D eigenvalue weighted by atomic mass is 35.5. The van der Waals surface area contributed by atoms with Gasteiger partial charge in [0, 0.05) is 48.4 Å². The summed E-state index contributed by atoms with van der Waals surface area (Å²) in [6, 6.07) is 26.3. The van der Waals surface area contributed by atoms with Crippen molar-refractivity contribution in [1.82, 2.24) is 14.9 Å². The SMILES string of the molecule is O=C(O)ON(CCC#Cc1ccc(OCCN2CCC(=C3c4ccc(Cl)cc4CCc4cccnc43)CC2)cc1)C(=O)Oc1ccccc1. The zero-order valence-electron chi connectivity index (χ0n) is 26.9. The molecular formula is C39H36ClN3O6. The Morgan fingerprint density at radius 3 is 2.45 bits per heavy atom. The van der Waals surface area contributed by atoms with Crippen molar-refractivity contribution in [2.24, 2.45) is 0 Å². The predicted molar refractivity (Wildman–Crippen MR) is 187 cm³/mol. The van der Waals surface area contributed by atoms with Gasteiger partial charge in [0.2, 0.25) is 0 Å². The third-order valence-electron chi connectivity index (χ3n) is 8.49. The molecule has 0 radical (unpaired) electrons. The number of hydroxylamine groups is 2. The van der Waals surface area contributed by atoms with Crippen LogP contribution < -0.4 is 9.47 Å². The lowest BCUT2D eigenvalue weighted by Gasteiger charge is -2.30. The second kappa shape index (κ2) is 16.2. The normalized spacial score (nSPS) is 14.0. The molecule has 0 saturated carbocycles. The molecule has 1 saturated heterocycles. The smallest absolute Gasteiger partial charge is 0.492 e. The van der Waals surface area contributed by atoms with Gasteiger partial charge in [-0.25, -0.2) is 9.59 Å². The molecule has 10 heteroatoms. The first-order chi connectivity index (χ1) is 23.9. The van der Waals surface area contributed by atoms with Gasteiger partial charge in [0.1, 0.15) is 18.1 Å². The molecule has 1 amide bonds. The molecule has 1 N–H and O–H groups in total. The predicted octanol–water partition coefficient (Wildman–Crippen LogP) is 7.66. The number of piperidine rings is 1. The van der Waals surface area contributed by atoms with Crippen molar-refractivity contribution in [2.45, 2.75) is 32.1 Å². The lowest BCUT2D eigenvalue weighted by molar-refractivity contribution is -0.0914. The fraction of sp³-hybridized carbons (Fsp3) is 0.256. The number of carbonyl (C=O) groups excluding carboxylic acids is 1. The monoisotopic (exact) mass is 677 g/mol. The van der Waals surface area contributed by atoms with Crippen molar-refractivity contribution < 1.29 is 29.0 Å². The van der Waals surface area contributed by atoms with Gasteiger partial charge in [0.05, 0.1) is 12.2 Å². The van der Waals surface area contributed by atoms with Gasteiger partial charge in [-0.3, -0.25) is 9.88 Å². The Morgan fingerprint density at radius 2 is 1.67 bits per heavy atom. The van der Waals surface area contributed by atoms with Crippen LogP contribution >= 0.6 is 11.6 Å². The molecule has 250 valence electrons. The number of halogens is 1. The van der Waals surface area contributed by atoms with Gasteiger partial charge in [-0.15, -0.1) is 5.06 Å². The molecule has 49 heavy (non-hydrogen) atoms. The van der Waals surface area contributed by atoms with Crippen LogP contribution in [0.15, 0.2) is 96.7 Å². The number of hydrogen-bond acceptors (Lipinski definition) is 7. The summed E-state index contributed by atoms with van der Waals surface area (Å²) in [6.07, 6.45) is 3.38. The number of carbonyl (C=O) groups is 2. The molecule has 1 aliphatic heterocycles. The average molecular weight is 678 g/mol. The van der Waals surface area contributed by atoms with Crippen molar-refractivity contribution in [1.29, 1.82) is 0 Å². The van der Waals surface area contributed by atoms with Crippen LogP contribution in [0.2, 0.25) is 5.02 Å². The van der Waals surface area contributed by atoms with Crippen LogP contribution in [0.5, 0.6) is 11.5 Å². The fourth-order valence-corrected chi connectivity index (χ4v) is 6.28. The molecule has 1 aromatic heterocycles. The summed E-state index contributed by atoms with van der Waals surface area (Å²) in [5.74, 6) is 6.99. The minimum atomic E-state index is -1.62. The van der Waals surface area contributed by atoms with E-state index < -0.39 is 12.2 Å². The summed E-state index contributed by atoms with van der Waals surface area (Å²) in [4.78, 5) is 35.3. The van der Waals surface area contributed by atoms with Gasteiger partial charge < -0.3 is 19.4 Å². The maximum absolute atomic E-state index is 12.4. The van der Waals surface area contributed by atoms with E-state index in [1.165, 1.54) is 27.8 Å². The van der Waals surface area contributed by atoms with Crippen molar-refractivity contribution in [3.8, 4) is 23.3 Å². The first kappa shape index (κ1) is 33.6. The Balaban J connectivity index is 0.982. The van der Waals surface area contributed by atoms with E-state index in [4.69, 9.17) is 31.2 Å². The minimum absolute atomic E-state index is 0.0897. The highest BCUT2D eigenvalue weighted by Gasteiger charge is 2.25. The van der Waals surface area contributed by atoms with Crippen LogP contribution in [0, 0.1) is 11.8 Å². The standard InChI is InChI=1S/C39H36ClN3O6/c40-32-15-18-35-31(27-32)14-13-30-8-6-21-41-37(30)36(35)29-19-23-42(24-20-29)25-26-47-33-16-11-28(12-17-33)7-4-5-22-43(49-39(45)46)38(44)48-34-9-2-1-3-10-34/h1-3,6,8-12,15-18,21,27H,5,13-14,19-20,22-26H2,(H,45,46). The van der Waals surface area contributed by atoms with Gasteiger partial charge in [0.15, 0.2) is 0 Å².